The largest absolute Gasteiger partial charge is 0.493 e. The monoisotopic (exact) mass is 497 g/mol. The Kier molecular flexibility index (Phi) is 6.61. The van der Waals surface area contributed by atoms with Crippen LogP contribution in [0.4, 0.5) is 0 Å². The summed E-state index contributed by atoms with van der Waals surface area (Å²) in [6.07, 6.45) is 4.15. The number of furan rings is 1. The Morgan fingerprint density at radius 2 is 1.64 bits per heavy atom. The van der Waals surface area contributed by atoms with Crippen LogP contribution in [0.15, 0.2) is 41.0 Å². The first kappa shape index (κ1) is 24.2. The topological polar surface area (TPSA) is 102 Å². The predicted molar refractivity (Wildman–Crippen MR) is 128 cm³/mol. The van der Waals surface area contributed by atoms with Crippen LogP contribution in [-0.2, 0) is 9.53 Å². The summed E-state index contributed by atoms with van der Waals surface area (Å²) in [7, 11) is 3.07. The highest BCUT2D eigenvalue weighted by molar-refractivity contribution is 5.97. The zero-order chi connectivity index (χ0) is 25.3. The van der Waals surface area contributed by atoms with E-state index in [0.717, 1.165) is 12.8 Å². The molecule has 5 rings (SSSR count). The number of ether oxygens (including phenoxy) is 3. The molecule has 3 aliphatic heterocycles. The van der Waals surface area contributed by atoms with Gasteiger partial charge in [0.2, 0.25) is 5.91 Å². The predicted octanol–water partition coefficient (Wildman–Crippen LogP) is 2.39. The maximum absolute atomic E-state index is 13.6. The molecule has 0 aliphatic carbocycles. The van der Waals surface area contributed by atoms with E-state index >= 15 is 0 Å². The van der Waals surface area contributed by atoms with Gasteiger partial charge in [-0.3, -0.25) is 19.3 Å². The van der Waals surface area contributed by atoms with E-state index in [1.807, 2.05) is 4.90 Å². The minimum atomic E-state index is -0.974. The van der Waals surface area contributed by atoms with Crippen LogP contribution in [0.2, 0.25) is 0 Å². The molecule has 36 heavy (non-hydrogen) atoms. The zero-order valence-corrected chi connectivity index (χ0v) is 20.6. The van der Waals surface area contributed by atoms with E-state index in [0.29, 0.717) is 56.1 Å². The maximum atomic E-state index is 13.6. The summed E-state index contributed by atoms with van der Waals surface area (Å²) in [6.45, 7) is 2.27. The summed E-state index contributed by atoms with van der Waals surface area (Å²) < 4.78 is 22.2. The number of likely N-dealkylation sites (tertiary alicyclic amines) is 2. The molecule has 3 fully saturated rings. The van der Waals surface area contributed by atoms with Crippen molar-refractivity contribution >= 4 is 17.7 Å². The zero-order valence-electron chi connectivity index (χ0n) is 20.6. The second kappa shape index (κ2) is 9.85. The molecule has 0 saturated carbocycles. The smallest absolute Gasteiger partial charge is 0.292 e. The van der Waals surface area contributed by atoms with Crippen molar-refractivity contribution in [1.29, 1.82) is 0 Å². The third-order valence-corrected chi connectivity index (χ3v) is 7.38. The fourth-order valence-corrected chi connectivity index (χ4v) is 5.43. The molecular weight excluding hydrogens is 466 g/mol. The van der Waals surface area contributed by atoms with E-state index < -0.39 is 11.8 Å². The lowest BCUT2D eigenvalue weighted by atomic mass is 9.96. The van der Waals surface area contributed by atoms with Gasteiger partial charge in [-0.1, -0.05) is 0 Å². The van der Waals surface area contributed by atoms with Crippen molar-refractivity contribution < 1.29 is 33.0 Å². The van der Waals surface area contributed by atoms with E-state index in [4.69, 9.17) is 18.6 Å². The van der Waals surface area contributed by atoms with E-state index in [2.05, 4.69) is 0 Å². The highest BCUT2D eigenvalue weighted by atomic mass is 16.5. The maximum Gasteiger partial charge on any atom is 0.292 e. The quantitative estimate of drug-likeness (QED) is 0.625. The molecule has 4 heterocycles. The Balaban J connectivity index is 1.35. The van der Waals surface area contributed by atoms with Crippen LogP contribution in [-0.4, -0.2) is 91.2 Å². The van der Waals surface area contributed by atoms with E-state index in [1.54, 1.807) is 47.2 Å². The number of piperidine rings is 1. The van der Waals surface area contributed by atoms with Crippen LogP contribution < -0.4 is 9.47 Å². The molecule has 1 spiro atoms. The van der Waals surface area contributed by atoms with Crippen molar-refractivity contribution in [1.82, 2.24) is 14.7 Å². The molecular formula is C26H31N3O7. The van der Waals surface area contributed by atoms with Gasteiger partial charge in [-0.05, 0) is 43.2 Å². The summed E-state index contributed by atoms with van der Waals surface area (Å²) >= 11 is 0. The summed E-state index contributed by atoms with van der Waals surface area (Å²) in [5.41, 5.74) is -0.486. The summed E-state index contributed by atoms with van der Waals surface area (Å²) in [4.78, 5) is 45.3. The van der Waals surface area contributed by atoms with Crippen molar-refractivity contribution in [3.8, 4) is 11.5 Å². The standard InChI is InChI=1S/C26H31N3O7/c1-33-20-8-7-18(16-22(20)34-2)23(30)28-13-9-26(10-14-28)29(25(32)21-6-5-15-35-21)19(17-36-26)24(31)27-11-3-4-12-27/h5-8,15-16,19H,3-4,9-14,17H2,1-2H3/t19-/m1/s1. The number of methoxy groups -OCH3 is 2. The molecule has 1 aromatic heterocycles. The van der Waals surface area contributed by atoms with Crippen LogP contribution in [0.25, 0.3) is 0 Å². The minimum Gasteiger partial charge on any atom is -0.493 e. The van der Waals surface area contributed by atoms with Gasteiger partial charge in [-0.15, -0.1) is 0 Å². The minimum absolute atomic E-state index is 0.0897. The van der Waals surface area contributed by atoms with Gasteiger partial charge < -0.3 is 28.4 Å². The molecule has 3 saturated heterocycles. The molecule has 10 nitrogen and oxygen atoms in total. The average molecular weight is 498 g/mol. The van der Waals surface area contributed by atoms with E-state index in [9.17, 15) is 14.4 Å². The number of carbonyl (C=O) groups is 3. The van der Waals surface area contributed by atoms with Gasteiger partial charge in [0.1, 0.15) is 11.8 Å². The third-order valence-electron chi connectivity index (χ3n) is 7.38. The Bertz CT molecular complexity index is 1120. The van der Waals surface area contributed by atoms with Crippen molar-refractivity contribution in [3.63, 3.8) is 0 Å². The Hall–Kier alpha value is -3.53. The Labute approximate surface area is 209 Å². The Morgan fingerprint density at radius 1 is 0.917 bits per heavy atom. The second-order valence-corrected chi connectivity index (χ2v) is 9.32. The lowest BCUT2D eigenvalue weighted by Gasteiger charge is -2.44. The highest BCUT2D eigenvalue weighted by Crippen LogP contribution is 2.40. The number of nitrogens with zero attached hydrogens (tertiary/aromatic N) is 3. The summed E-state index contributed by atoms with van der Waals surface area (Å²) in [5, 5.41) is 0. The van der Waals surface area contributed by atoms with Gasteiger partial charge in [0.15, 0.2) is 17.3 Å². The number of carbonyl (C=O) groups excluding carboxylic acids is 3. The van der Waals surface area contributed by atoms with Crippen LogP contribution in [0, 0.1) is 0 Å². The molecule has 3 amide bonds. The molecule has 1 aromatic carbocycles. The van der Waals surface area contributed by atoms with Crippen molar-refractivity contribution in [3.05, 3.63) is 47.9 Å². The summed E-state index contributed by atoms with van der Waals surface area (Å²) in [6, 6.07) is 7.61. The molecule has 0 radical (unpaired) electrons. The average Bonchev–Trinajstić information content (AvgIpc) is 3.69. The third kappa shape index (κ3) is 4.19. The van der Waals surface area contributed by atoms with Gasteiger partial charge >= 0.3 is 0 Å². The fraction of sp³-hybridized carbons (Fsp3) is 0.500. The molecule has 2 aromatic rings. The van der Waals surface area contributed by atoms with E-state index in [-0.39, 0.29) is 30.1 Å². The number of amides is 3. The lowest BCUT2D eigenvalue weighted by molar-refractivity contribution is -0.136. The molecule has 192 valence electrons. The second-order valence-electron chi connectivity index (χ2n) is 9.32. The van der Waals surface area contributed by atoms with Crippen LogP contribution in [0.5, 0.6) is 11.5 Å². The molecule has 0 bridgehead atoms. The van der Waals surface area contributed by atoms with E-state index in [1.165, 1.54) is 13.4 Å². The lowest BCUT2D eigenvalue weighted by Crippen LogP contribution is -2.60. The number of hydrogen-bond acceptors (Lipinski definition) is 7. The molecule has 3 aliphatic rings. The Morgan fingerprint density at radius 3 is 2.28 bits per heavy atom. The molecule has 10 heteroatoms. The van der Waals surface area contributed by atoms with Gasteiger partial charge in [0.25, 0.3) is 11.8 Å². The van der Waals surface area contributed by atoms with Crippen LogP contribution in [0.3, 0.4) is 0 Å². The summed E-state index contributed by atoms with van der Waals surface area (Å²) in [5.74, 6) is 0.601. The van der Waals surface area contributed by atoms with Gasteiger partial charge in [0, 0.05) is 44.6 Å². The SMILES string of the molecule is COc1ccc(C(=O)N2CCC3(CC2)OC[C@H](C(=O)N2CCCC2)N3C(=O)c2ccco2)cc1OC. The van der Waals surface area contributed by atoms with Gasteiger partial charge in [-0.2, -0.15) is 0 Å². The first-order valence-electron chi connectivity index (χ1n) is 12.3. The first-order valence-corrected chi connectivity index (χ1v) is 12.3. The van der Waals surface area contributed by atoms with Crippen LogP contribution >= 0.6 is 0 Å². The molecule has 1 atom stereocenters. The number of benzene rings is 1. The first-order chi connectivity index (χ1) is 17.5. The van der Waals surface area contributed by atoms with Crippen molar-refractivity contribution in [2.75, 3.05) is 47.0 Å². The fourth-order valence-electron chi connectivity index (χ4n) is 5.43. The number of hydrogen-bond donors (Lipinski definition) is 0. The van der Waals surface area contributed by atoms with Crippen molar-refractivity contribution in [2.24, 2.45) is 0 Å². The van der Waals surface area contributed by atoms with Crippen molar-refractivity contribution in [2.45, 2.75) is 37.5 Å². The van der Waals surface area contributed by atoms with Gasteiger partial charge in [0.05, 0.1) is 27.1 Å². The normalized spacial score (nSPS) is 21.2. The molecule has 0 unspecified atom stereocenters. The van der Waals surface area contributed by atoms with Gasteiger partial charge in [-0.25, -0.2) is 0 Å². The highest BCUT2D eigenvalue weighted by Gasteiger charge is 2.55. The number of rotatable bonds is 5. The van der Waals surface area contributed by atoms with Crippen LogP contribution in [0.1, 0.15) is 46.6 Å². The molecule has 0 N–H and O–H groups in total.